The van der Waals surface area contributed by atoms with Crippen LogP contribution in [0, 0.1) is 0 Å². The number of rotatable bonds is 6. The van der Waals surface area contributed by atoms with Crippen LogP contribution < -0.4 is 10.9 Å². The quantitative estimate of drug-likeness (QED) is 0.512. The first-order valence-corrected chi connectivity index (χ1v) is 10.0. The number of carbonyl (C=O) groups excluding carboxylic acids is 1. The molecule has 4 rings (SSSR count). The van der Waals surface area contributed by atoms with Gasteiger partial charge in [0.15, 0.2) is 0 Å². The second kappa shape index (κ2) is 8.93. The summed E-state index contributed by atoms with van der Waals surface area (Å²) in [6.45, 7) is -0.109. The molecule has 0 aliphatic rings. The van der Waals surface area contributed by atoms with E-state index in [-0.39, 0.29) is 24.1 Å². The lowest BCUT2D eigenvalue weighted by atomic mass is 9.99. The van der Waals surface area contributed by atoms with Gasteiger partial charge in [-0.25, -0.2) is 4.98 Å². The summed E-state index contributed by atoms with van der Waals surface area (Å²) in [7, 11) is 0. The largest absolute Gasteiger partial charge is 0.347 e. The monoisotopic (exact) mass is 417 g/mol. The third-order valence-corrected chi connectivity index (χ3v) is 5.16. The summed E-state index contributed by atoms with van der Waals surface area (Å²) in [5.74, 6) is -0.253. The Bertz CT molecular complexity index is 1220. The minimum Gasteiger partial charge on any atom is -0.347 e. The van der Waals surface area contributed by atoms with Crippen molar-refractivity contribution in [1.82, 2.24) is 14.9 Å². The van der Waals surface area contributed by atoms with E-state index in [0.29, 0.717) is 22.3 Å². The fourth-order valence-corrected chi connectivity index (χ4v) is 3.59. The van der Waals surface area contributed by atoms with Gasteiger partial charge in [-0.1, -0.05) is 72.3 Å². The SMILES string of the molecule is O=C(Cn1cnc2cc(Cl)ccc2c1=O)NC(Cc1ccccc1)c1ccccc1. The van der Waals surface area contributed by atoms with Crippen molar-refractivity contribution in [2.24, 2.45) is 0 Å². The molecule has 0 bridgehead atoms. The van der Waals surface area contributed by atoms with Crippen molar-refractivity contribution in [3.05, 3.63) is 112 Å². The molecule has 1 N–H and O–H groups in total. The number of nitrogens with one attached hydrogen (secondary N) is 1. The van der Waals surface area contributed by atoms with E-state index in [1.54, 1.807) is 18.2 Å². The summed E-state index contributed by atoms with van der Waals surface area (Å²) < 4.78 is 1.32. The Hall–Kier alpha value is -3.44. The molecule has 150 valence electrons. The molecule has 0 saturated carbocycles. The number of aromatic nitrogens is 2. The van der Waals surface area contributed by atoms with Gasteiger partial charge in [0, 0.05) is 5.02 Å². The number of benzene rings is 3. The van der Waals surface area contributed by atoms with Crippen LogP contribution in [0.5, 0.6) is 0 Å². The Balaban J connectivity index is 1.55. The first-order valence-electron chi connectivity index (χ1n) is 9.63. The number of fused-ring (bicyclic) bond motifs is 1. The van der Waals surface area contributed by atoms with Crippen LogP contribution in [0.3, 0.4) is 0 Å². The third kappa shape index (κ3) is 4.58. The van der Waals surface area contributed by atoms with Gasteiger partial charge in [-0.2, -0.15) is 0 Å². The predicted octanol–water partition coefficient (Wildman–Crippen LogP) is 4.15. The fourth-order valence-electron chi connectivity index (χ4n) is 3.43. The lowest BCUT2D eigenvalue weighted by Gasteiger charge is -2.20. The number of halogens is 1. The highest BCUT2D eigenvalue weighted by Crippen LogP contribution is 2.18. The van der Waals surface area contributed by atoms with Gasteiger partial charge in [0.1, 0.15) is 6.54 Å². The molecule has 1 aromatic heterocycles. The molecule has 1 amide bonds. The molecule has 4 aromatic rings. The molecule has 6 heteroatoms. The minimum absolute atomic E-state index is 0.109. The van der Waals surface area contributed by atoms with Crippen LogP contribution in [0.2, 0.25) is 5.02 Å². The standard InChI is InChI=1S/C24H20ClN3O2/c25-19-11-12-20-22(14-19)26-16-28(24(20)30)15-23(29)27-21(18-9-5-2-6-10-18)13-17-7-3-1-4-8-17/h1-12,14,16,21H,13,15H2,(H,27,29). The highest BCUT2D eigenvalue weighted by molar-refractivity contribution is 6.31. The lowest BCUT2D eigenvalue weighted by molar-refractivity contribution is -0.122. The Labute approximate surface area is 179 Å². The minimum atomic E-state index is -0.272. The fraction of sp³-hybridized carbons (Fsp3) is 0.125. The van der Waals surface area contributed by atoms with E-state index in [1.807, 2.05) is 60.7 Å². The van der Waals surface area contributed by atoms with E-state index in [0.717, 1.165) is 11.1 Å². The average Bonchev–Trinajstić information content (AvgIpc) is 2.76. The second-order valence-corrected chi connectivity index (χ2v) is 7.50. The maximum atomic E-state index is 12.8. The van der Waals surface area contributed by atoms with Gasteiger partial charge in [-0.3, -0.25) is 14.2 Å². The zero-order valence-corrected chi connectivity index (χ0v) is 16.9. The normalized spacial score (nSPS) is 11.9. The first kappa shape index (κ1) is 19.9. The van der Waals surface area contributed by atoms with Crippen LogP contribution in [0.1, 0.15) is 17.2 Å². The topological polar surface area (TPSA) is 64.0 Å². The third-order valence-electron chi connectivity index (χ3n) is 4.92. The van der Waals surface area contributed by atoms with Crippen molar-refractivity contribution in [3.63, 3.8) is 0 Å². The van der Waals surface area contributed by atoms with Crippen LogP contribution in [0.4, 0.5) is 0 Å². The van der Waals surface area contributed by atoms with E-state index < -0.39 is 0 Å². The summed E-state index contributed by atoms with van der Waals surface area (Å²) in [5.41, 5.74) is 2.36. The number of hydrogen-bond acceptors (Lipinski definition) is 3. The van der Waals surface area contributed by atoms with Gasteiger partial charge in [0.2, 0.25) is 5.91 Å². The molecule has 30 heavy (non-hydrogen) atoms. The molecule has 1 unspecified atom stereocenters. The smallest absolute Gasteiger partial charge is 0.261 e. The van der Waals surface area contributed by atoms with Gasteiger partial charge < -0.3 is 5.32 Å². The van der Waals surface area contributed by atoms with Crippen LogP contribution in [-0.4, -0.2) is 15.5 Å². The van der Waals surface area contributed by atoms with E-state index in [9.17, 15) is 9.59 Å². The maximum absolute atomic E-state index is 12.8. The molecule has 0 aliphatic heterocycles. The predicted molar refractivity (Wildman–Crippen MR) is 118 cm³/mol. The molecule has 1 atom stereocenters. The van der Waals surface area contributed by atoms with Crippen molar-refractivity contribution in [1.29, 1.82) is 0 Å². The van der Waals surface area contributed by atoms with Crippen molar-refractivity contribution < 1.29 is 4.79 Å². The van der Waals surface area contributed by atoms with Crippen molar-refractivity contribution in [3.8, 4) is 0 Å². The molecule has 1 heterocycles. The number of hydrogen-bond donors (Lipinski definition) is 1. The highest BCUT2D eigenvalue weighted by Gasteiger charge is 2.16. The molecule has 0 spiro atoms. The maximum Gasteiger partial charge on any atom is 0.261 e. The summed E-state index contributed by atoms with van der Waals surface area (Å²) in [4.78, 5) is 29.8. The highest BCUT2D eigenvalue weighted by atomic mass is 35.5. The Kier molecular flexibility index (Phi) is 5.91. The second-order valence-electron chi connectivity index (χ2n) is 7.06. The van der Waals surface area contributed by atoms with Gasteiger partial charge in [0.05, 0.1) is 23.3 Å². The van der Waals surface area contributed by atoms with Crippen molar-refractivity contribution in [2.45, 2.75) is 19.0 Å². The lowest BCUT2D eigenvalue weighted by Crippen LogP contribution is -2.35. The average molecular weight is 418 g/mol. The molecule has 0 aliphatic carbocycles. The van der Waals surface area contributed by atoms with Crippen molar-refractivity contribution >= 4 is 28.4 Å². The Morgan fingerprint density at radius 2 is 1.70 bits per heavy atom. The molecule has 3 aromatic carbocycles. The summed E-state index contributed by atoms with van der Waals surface area (Å²) >= 11 is 5.96. The zero-order chi connectivity index (χ0) is 20.9. The molecular weight excluding hydrogens is 398 g/mol. The summed E-state index contributed by atoms with van der Waals surface area (Å²) in [5, 5.41) is 4.01. The van der Waals surface area contributed by atoms with E-state index in [2.05, 4.69) is 10.3 Å². The molecule has 0 saturated heterocycles. The first-order chi connectivity index (χ1) is 14.6. The Morgan fingerprint density at radius 1 is 1.00 bits per heavy atom. The van der Waals surface area contributed by atoms with Crippen LogP contribution in [0.25, 0.3) is 10.9 Å². The zero-order valence-electron chi connectivity index (χ0n) is 16.2. The Morgan fingerprint density at radius 3 is 2.43 bits per heavy atom. The summed E-state index contributed by atoms with van der Waals surface area (Å²) in [6.07, 6.45) is 2.04. The van der Waals surface area contributed by atoms with Gasteiger partial charge >= 0.3 is 0 Å². The van der Waals surface area contributed by atoms with Crippen LogP contribution in [0.15, 0.2) is 90.0 Å². The number of amides is 1. The number of carbonyl (C=O) groups is 1. The molecular formula is C24H20ClN3O2. The molecule has 0 radical (unpaired) electrons. The van der Waals surface area contributed by atoms with E-state index in [1.165, 1.54) is 10.9 Å². The van der Waals surface area contributed by atoms with Crippen LogP contribution >= 0.6 is 11.6 Å². The van der Waals surface area contributed by atoms with Crippen LogP contribution in [-0.2, 0) is 17.8 Å². The molecule has 0 fully saturated rings. The van der Waals surface area contributed by atoms with Gasteiger partial charge in [0.25, 0.3) is 5.56 Å². The van der Waals surface area contributed by atoms with Gasteiger partial charge in [-0.15, -0.1) is 0 Å². The van der Waals surface area contributed by atoms with Crippen molar-refractivity contribution in [2.75, 3.05) is 0 Å². The van der Waals surface area contributed by atoms with Gasteiger partial charge in [-0.05, 0) is 35.7 Å². The number of nitrogens with zero attached hydrogens (tertiary/aromatic N) is 2. The molecule has 5 nitrogen and oxygen atoms in total. The summed E-state index contributed by atoms with van der Waals surface area (Å²) in [6, 6.07) is 24.5. The van der Waals surface area contributed by atoms with E-state index >= 15 is 0 Å². The van der Waals surface area contributed by atoms with E-state index in [4.69, 9.17) is 11.6 Å².